The van der Waals surface area contributed by atoms with E-state index in [4.69, 9.17) is 4.74 Å². The number of aromatic nitrogens is 1. The number of esters is 1. The molecule has 1 unspecified atom stereocenters. The SMILES string of the molecule is C[C@H]1CCC=C2C[C@H]3OC(=O)[C@@H](C[NH+]4C[C@H]5C[C@@H](C4)c4cccc(=O)n4C5)[C@H]3[C@@H](O)[C@@]21C. The second-order valence-electron chi connectivity index (χ2n) is 11.4. The van der Waals surface area contributed by atoms with Crippen LogP contribution < -0.4 is 10.5 Å². The number of quaternary nitrogens is 1. The van der Waals surface area contributed by atoms with Crippen LogP contribution in [0.25, 0.3) is 0 Å². The Labute approximate surface area is 189 Å². The molecule has 0 aromatic carbocycles. The Morgan fingerprint density at radius 3 is 2.97 bits per heavy atom. The van der Waals surface area contributed by atoms with Crippen LogP contribution in [0, 0.1) is 29.1 Å². The van der Waals surface area contributed by atoms with E-state index in [9.17, 15) is 14.7 Å². The zero-order chi connectivity index (χ0) is 22.2. The number of nitrogens with one attached hydrogen (secondary N) is 1. The molecule has 9 atom stereocenters. The fraction of sp³-hybridized carbons (Fsp3) is 0.692. The summed E-state index contributed by atoms with van der Waals surface area (Å²) in [6.07, 6.45) is 5.61. The quantitative estimate of drug-likeness (QED) is 0.535. The lowest BCUT2D eigenvalue weighted by Gasteiger charge is -2.52. The molecule has 3 aliphatic heterocycles. The Bertz CT molecular complexity index is 1030. The number of aliphatic hydroxyl groups is 1. The molecule has 0 amide bonds. The second kappa shape index (κ2) is 7.29. The van der Waals surface area contributed by atoms with Crippen LogP contribution in [0.1, 0.15) is 51.1 Å². The van der Waals surface area contributed by atoms with Crippen molar-refractivity contribution in [1.29, 1.82) is 0 Å². The van der Waals surface area contributed by atoms with E-state index in [2.05, 4.69) is 26.0 Å². The number of piperidine rings is 1. The minimum Gasteiger partial charge on any atom is -0.461 e. The predicted molar refractivity (Wildman–Crippen MR) is 119 cm³/mol. The molecule has 5 aliphatic rings. The molecule has 3 fully saturated rings. The zero-order valence-electron chi connectivity index (χ0n) is 19.1. The summed E-state index contributed by atoms with van der Waals surface area (Å²) in [5, 5.41) is 11.6. The summed E-state index contributed by atoms with van der Waals surface area (Å²) in [5.74, 6) is 0.761. The molecule has 4 heterocycles. The molecule has 1 aromatic rings. The van der Waals surface area contributed by atoms with Crippen LogP contribution in [0.4, 0.5) is 0 Å². The van der Waals surface area contributed by atoms with Crippen LogP contribution in [0.15, 0.2) is 34.6 Å². The highest BCUT2D eigenvalue weighted by Crippen LogP contribution is 2.55. The molecule has 2 aliphatic carbocycles. The van der Waals surface area contributed by atoms with Crippen molar-refractivity contribution in [3.63, 3.8) is 0 Å². The Morgan fingerprint density at radius 1 is 1.28 bits per heavy atom. The van der Waals surface area contributed by atoms with Gasteiger partial charge in [0, 0.05) is 47.9 Å². The van der Waals surface area contributed by atoms with Gasteiger partial charge in [-0.3, -0.25) is 9.59 Å². The minimum atomic E-state index is -0.540. The summed E-state index contributed by atoms with van der Waals surface area (Å²) in [6.45, 7) is 7.88. The highest BCUT2D eigenvalue weighted by molar-refractivity contribution is 5.76. The van der Waals surface area contributed by atoms with Crippen LogP contribution in [-0.2, 0) is 16.1 Å². The largest absolute Gasteiger partial charge is 0.461 e. The number of pyridine rings is 1. The number of fused-ring (bicyclic) bond motifs is 6. The molecule has 1 saturated carbocycles. The van der Waals surface area contributed by atoms with E-state index >= 15 is 0 Å². The molecular formula is C26H35N2O4+. The third kappa shape index (κ3) is 2.91. The maximum Gasteiger partial charge on any atom is 0.315 e. The molecule has 6 heteroatoms. The molecule has 0 spiro atoms. The lowest BCUT2D eigenvalue weighted by Crippen LogP contribution is -3.15. The monoisotopic (exact) mass is 439 g/mol. The average molecular weight is 440 g/mol. The van der Waals surface area contributed by atoms with Crippen molar-refractivity contribution in [2.24, 2.45) is 29.1 Å². The summed E-state index contributed by atoms with van der Waals surface area (Å²) in [6, 6.07) is 5.62. The fourth-order valence-electron chi connectivity index (χ4n) is 7.89. The van der Waals surface area contributed by atoms with E-state index in [0.29, 0.717) is 17.8 Å². The van der Waals surface area contributed by atoms with Gasteiger partial charge >= 0.3 is 5.97 Å². The first kappa shape index (κ1) is 20.7. The van der Waals surface area contributed by atoms with Crippen LogP contribution in [0.3, 0.4) is 0 Å². The van der Waals surface area contributed by atoms with Gasteiger partial charge in [0.2, 0.25) is 0 Å². The van der Waals surface area contributed by atoms with E-state index in [1.807, 2.05) is 10.6 Å². The van der Waals surface area contributed by atoms with E-state index in [-0.39, 0.29) is 34.9 Å². The van der Waals surface area contributed by atoms with Crippen molar-refractivity contribution in [3.05, 3.63) is 45.9 Å². The molecule has 2 N–H and O–H groups in total. The molecule has 2 saturated heterocycles. The first-order valence-corrected chi connectivity index (χ1v) is 12.5. The van der Waals surface area contributed by atoms with E-state index < -0.39 is 6.10 Å². The van der Waals surface area contributed by atoms with Crippen molar-refractivity contribution < 1.29 is 19.5 Å². The van der Waals surface area contributed by atoms with Crippen LogP contribution >= 0.6 is 0 Å². The number of ether oxygens (including phenoxy) is 1. The number of carbonyl (C=O) groups is 1. The van der Waals surface area contributed by atoms with E-state index in [1.54, 1.807) is 6.07 Å². The molecular weight excluding hydrogens is 404 g/mol. The van der Waals surface area contributed by atoms with Gasteiger partial charge in [-0.1, -0.05) is 31.6 Å². The van der Waals surface area contributed by atoms with Crippen molar-refractivity contribution in [1.82, 2.24) is 4.57 Å². The average Bonchev–Trinajstić information content (AvgIpc) is 3.06. The number of likely N-dealkylation sites (tertiary alicyclic amines) is 1. The standard InChI is InChI=1S/C26H34N2O4/c1-15-5-3-6-18-10-21-23(24(30)26(15,18)2)19(25(31)32-21)14-27-11-16-9-17(13-27)20-7-4-8-22(29)28(20)12-16/h4,6-8,15-17,19,21,23-24,30H,3,5,9-14H2,1-2H3/p+1/t15-,16+,17-,19-,21+,23+,24+,26+/m0/s1. The molecule has 2 bridgehead atoms. The van der Waals surface area contributed by atoms with Gasteiger partial charge in [0.1, 0.15) is 12.0 Å². The van der Waals surface area contributed by atoms with Gasteiger partial charge in [-0.15, -0.1) is 0 Å². The van der Waals surface area contributed by atoms with E-state index in [0.717, 1.165) is 57.6 Å². The van der Waals surface area contributed by atoms with Crippen molar-refractivity contribution in [2.75, 3.05) is 19.6 Å². The zero-order valence-corrected chi connectivity index (χ0v) is 19.1. The molecule has 1 aromatic heterocycles. The third-order valence-corrected chi connectivity index (χ3v) is 9.75. The number of allylic oxidation sites excluding steroid dienone is 1. The summed E-state index contributed by atoms with van der Waals surface area (Å²) >= 11 is 0. The first-order valence-electron chi connectivity index (χ1n) is 12.5. The molecule has 172 valence electrons. The summed E-state index contributed by atoms with van der Waals surface area (Å²) in [5.41, 5.74) is 2.29. The van der Waals surface area contributed by atoms with Crippen molar-refractivity contribution in [2.45, 2.75) is 64.2 Å². The summed E-state index contributed by atoms with van der Waals surface area (Å²) in [7, 11) is 0. The Hall–Kier alpha value is -1.92. The number of hydrogen-bond donors (Lipinski definition) is 2. The van der Waals surface area contributed by atoms with Gasteiger partial charge in [0.05, 0.1) is 25.7 Å². The number of rotatable bonds is 2. The number of hydrogen-bond acceptors (Lipinski definition) is 4. The lowest BCUT2D eigenvalue weighted by atomic mass is 9.55. The van der Waals surface area contributed by atoms with Crippen molar-refractivity contribution in [3.8, 4) is 0 Å². The van der Waals surface area contributed by atoms with Gasteiger partial charge in [0.25, 0.3) is 5.56 Å². The third-order valence-electron chi connectivity index (χ3n) is 9.75. The first-order chi connectivity index (χ1) is 15.4. The molecule has 6 rings (SSSR count). The van der Waals surface area contributed by atoms with Crippen LogP contribution in [0.5, 0.6) is 0 Å². The van der Waals surface area contributed by atoms with Crippen LogP contribution in [-0.4, -0.2) is 47.5 Å². The Kier molecular flexibility index (Phi) is 4.71. The Morgan fingerprint density at radius 2 is 2.12 bits per heavy atom. The highest BCUT2D eigenvalue weighted by Gasteiger charge is 2.60. The van der Waals surface area contributed by atoms with Gasteiger partial charge in [0.15, 0.2) is 0 Å². The fourth-order valence-corrected chi connectivity index (χ4v) is 7.89. The highest BCUT2D eigenvalue weighted by atomic mass is 16.6. The van der Waals surface area contributed by atoms with Crippen molar-refractivity contribution >= 4 is 5.97 Å². The van der Waals surface area contributed by atoms with Gasteiger partial charge < -0.3 is 19.3 Å². The summed E-state index contributed by atoms with van der Waals surface area (Å²) in [4.78, 5) is 26.8. The maximum atomic E-state index is 13.0. The van der Waals surface area contributed by atoms with Gasteiger partial charge in [-0.25, -0.2) is 0 Å². The van der Waals surface area contributed by atoms with Gasteiger partial charge in [-0.2, -0.15) is 0 Å². The maximum absolute atomic E-state index is 13.0. The lowest BCUT2D eigenvalue weighted by molar-refractivity contribution is -0.913. The summed E-state index contributed by atoms with van der Waals surface area (Å²) < 4.78 is 7.84. The predicted octanol–water partition coefficient (Wildman–Crippen LogP) is 1.14. The normalized spacial score (nSPS) is 44.7. The van der Waals surface area contributed by atoms with Gasteiger partial charge in [-0.05, 0) is 31.2 Å². The number of nitrogens with zero attached hydrogens (tertiary/aromatic N) is 1. The minimum absolute atomic E-state index is 0.104. The molecule has 32 heavy (non-hydrogen) atoms. The molecule has 6 nitrogen and oxygen atoms in total. The number of carbonyl (C=O) groups excluding carboxylic acids is 1. The number of aliphatic hydroxyl groups excluding tert-OH is 1. The van der Waals surface area contributed by atoms with E-state index in [1.165, 1.54) is 10.5 Å². The topological polar surface area (TPSA) is 73.0 Å². The second-order valence-corrected chi connectivity index (χ2v) is 11.4. The Balaban J connectivity index is 1.25. The molecule has 0 radical (unpaired) electrons. The van der Waals surface area contributed by atoms with Crippen LogP contribution in [0.2, 0.25) is 0 Å². The smallest absolute Gasteiger partial charge is 0.315 e.